The van der Waals surface area contributed by atoms with E-state index in [1.165, 1.54) is 0 Å². The molecule has 3 nitrogen and oxygen atoms in total. The molecule has 3 atom stereocenters. The van der Waals surface area contributed by atoms with E-state index in [-0.39, 0.29) is 0 Å². The molecule has 4 heteroatoms. The van der Waals surface area contributed by atoms with Crippen molar-refractivity contribution in [2.75, 3.05) is 0 Å². The Hall–Kier alpha value is -1.000. The molecule has 0 spiro atoms. The van der Waals surface area contributed by atoms with Crippen LogP contribution in [0.25, 0.3) is 0 Å². The maximum absolute atomic E-state index is 9.84. The third-order valence-corrected chi connectivity index (χ3v) is 4.84. The Morgan fingerprint density at radius 1 is 1.29 bits per heavy atom. The predicted molar refractivity (Wildman–Crippen MR) is 71.6 cm³/mol. The molecule has 1 aliphatic carbocycles. The number of aliphatic imine (C=N–C) groups is 1. The zero-order valence-corrected chi connectivity index (χ0v) is 10.4. The molecule has 1 aromatic carbocycles. The number of rotatable bonds is 1. The number of hydrogen-bond acceptors (Lipinski definition) is 4. The van der Waals surface area contributed by atoms with Crippen LogP contribution >= 0.6 is 11.8 Å². The van der Waals surface area contributed by atoms with Gasteiger partial charge < -0.3 is 10.8 Å². The van der Waals surface area contributed by atoms with E-state index in [1.807, 2.05) is 18.2 Å². The van der Waals surface area contributed by atoms with E-state index in [9.17, 15) is 5.11 Å². The average molecular weight is 248 g/mol. The molecule has 0 amide bonds. The van der Waals surface area contributed by atoms with Crippen molar-refractivity contribution >= 4 is 16.8 Å². The SMILES string of the molecule is NC1CCC2N=C(c3ccccc3O)SC2C1. The van der Waals surface area contributed by atoms with Crippen LogP contribution in [-0.4, -0.2) is 27.5 Å². The zero-order valence-electron chi connectivity index (χ0n) is 9.54. The topological polar surface area (TPSA) is 58.6 Å². The fourth-order valence-corrected chi connectivity index (χ4v) is 4.01. The van der Waals surface area contributed by atoms with Crippen LogP contribution in [0.15, 0.2) is 29.3 Å². The zero-order chi connectivity index (χ0) is 11.8. The molecular weight excluding hydrogens is 232 g/mol. The largest absolute Gasteiger partial charge is 0.507 e. The molecule has 2 aliphatic rings. The summed E-state index contributed by atoms with van der Waals surface area (Å²) in [4.78, 5) is 4.74. The summed E-state index contributed by atoms with van der Waals surface area (Å²) in [6.07, 6.45) is 3.19. The summed E-state index contributed by atoms with van der Waals surface area (Å²) in [6, 6.07) is 8.13. The molecule has 3 rings (SSSR count). The van der Waals surface area contributed by atoms with Crippen LogP contribution in [0.1, 0.15) is 24.8 Å². The molecule has 3 unspecified atom stereocenters. The van der Waals surface area contributed by atoms with Crippen LogP contribution in [0.3, 0.4) is 0 Å². The highest BCUT2D eigenvalue weighted by Gasteiger charge is 2.35. The molecule has 1 fully saturated rings. The highest BCUT2D eigenvalue weighted by molar-refractivity contribution is 8.15. The second-order valence-corrected chi connectivity index (χ2v) is 5.98. The molecule has 3 N–H and O–H groups in total. The van der Waals surface area contributed by atoms with E-state index < -0.39 is 0 Å². The summed E-state index contributed by atoms with van der Waals surface area (Å²) in [5, 5.41) is 11.3. The molecule has 1 heterocycles. The number of thioether (sulfide) groups is 1. The Morgan fingerprint density at radius 3 is 2.94 bits per heavy atom. The van der Waals surface area contributed by atoms with E-state index in [0.29, 0.717) is 23.1 Å². The van der Waals surface area contributed by atoms with Gasteiger partial charge in [-0.2, -0.15) is 0 Å². The van der Waals surface area contributed by atoms with Crippen LogP contribution in [0.4, 0.5) is 0 Å². The third kappa shape index (κ3) is 2.07. The summed E-state index contributed by atoms with van der Waals surface area (Å²) in [5.41, 5.74) is 6.85. The quantitative estimate of drug-likeness (QED) is 0.800. The van der Waals surface area contributed by atoms with Gasteiger partial charge in [-0.05, 0) is 31.4 Å². The van der Waals surface area contributed by atoms with Crippen molar-refractivity contribution in [3.8, 4) is 5.75 Å². The molecule has 0 aromatic heterocycles. The van der Waals surface area contributed by atoms with E-state index in [2.05, 4.69) is 0 Å². The Balaban J connectivity index is 1.85. The minimum absolute atomic E-state index is 0.321. The number of nitrogens with two attached hydrogens (primary N) is 1. The molecule has 1 aromatic rings. The Bertz CT molecular complexity index is 460. The number of phenolic OH excluding ortho intramolecular Hbond substituents is 1. The highest BCUT2D eigenvalue weighted by atomic mass is 32.2. The minimum Gasteiger partial charge on any atom is -0.507 e. The van der Waals surface area contributed by atoms with Gasteiger partial charge in [-0.1, -0.05) is 12.1 Å². The molecule has 1 aliphatic heterocycles. The second-order valence-electron chi connectivity index (χ2n) is 4.75. The van der Waals surface area contributed by atoms with Gasteiger partial charge in [0.15, 0.2) is 0 Å². The van der Waals surface area contributed by atoms with Gasteiger partial charge in [0.05, 0.1) is 6.04 Å². The van der Waals surface area contributed by atoms with Crippen molar-refractivity contribution in [2.45, 2.75) is 36.6 Å². The van der Waals surface area contributed by atoms with Gasteiger partial charge in [0.1, 0.15) is 10.8 Å². The third-order valence-electron chi connectivity index (χ3n) is 3.48. The minimum atomic E-state index is 0.321. The first-order valence-corrected chi connectivity index (χ1v) is 6.90. The number of para-hydroxylation sites is 1. The summed E-state index contributed by atoms with van der Waals surface area (Å²) in [7, 11) is 0. The van der Waals surface area contributed by atoms with Gasteiger partial charge in [-0.25, -0.2) is 0 Å². The first-order valence-electron chi connectivity index (χ1n) is 6.02. The lowest BCUT2D eigenvalue weighted by molar-refractivity contribution is 0.412. The van der Waals surface area contributed by atoms with Crippen molar-refractivity contribution in [2.24, 2.45) is 10.7 Å². The molecule has 1 saturated carbocycles. The van der Waals surface area contributed by atoms with Crippen LogP contribution in [-0.2, 0) is 0 Å². The highest BCUT2D eigenvalue weighted by Crippen LogP contribution is 2.40. The number of hydrogen-bond donors (Lipinski definition) is 2. The summed E-state index contributed by atoms with van der Waals surface area (Å²) < 4.78 is 0. The van der Waals surface area contributed by atoms with Crippen molar-refractivity contribution < 1.29 is 5.11 Å². The Labute approximate surface area is 105 Å². The van der Waals surface area contributed by atoms with Crippen molar-refractivity contribution in [1.82, 2.24) is 0 Å². The lowest BCUT2D eigenvalue weighted by Gasteiger charge is -2.27. The number of phenols is 1. The van der Waals surface area contributed by atoms with E-state index in [4.69, 9.17) is 10.7 Å². The molecular formula is C13H16N2OS. The van der Waals surface area contributed by atoms with Gasteiger partial charge in [-0.3, -0.25) is 4.99 Å². The smallest absolute Gasteiger partial charge is 0.125 e. The van der Waals surface area contributed by atoms with Gasteiger partial charge in [-0.15, -0.1) is 11.8 Å². The fraction of sp³-hybridized carbons (Fsp3) is 0.462. The van der Waals surface area contributed by atoms with E-state index in [1.54, 1.807) is 17.8 Å². The lowest BCUT2D eigenvalue weighted by atomic mass is 9.92. The van der Waals surface area contributed by atoms with Crippen LogP contribution in [0.2, 0.25) is 0 Å². The van der Waals surface area contributed by atoms with Crippen LogP contribution < -0.4 is 5.73 Å². The lowest BCUT2D eigenvalue weighted by Crippen LogP contribution is -2.35. The van der Waals surface area contributed by atoms with E-state index >= 15 is 0 Å². The fourth-order valence-electron chi connectivity index (χ4n) is 2.53. The second kappa shape index (κ2) is 4.35. The molecule has 17 heavy (non-hydrogen) atoms. The number of fused-ring (bicyclic) bond motifs is 1. The standard InChI is InChI=1S/C13H16N2OS/c14-8-5-6-10-12(7-8)17-13(15-10)9-3-1-2-4-11(9)16/h1-4,8,10,12,16H,5-7,14H2. The summed E-state index contributed by atoms with van der Waals surface area (Å²) in [5.74, 6) is 0.321. The molecule has 0 saturated heterocycles. The predicted octanol–water partition coefficient (Wildman–Crippen LogP) is 2.13. The van der Waals surface area contributed by atoms with Crippen molar-refractivity contribution in [3.05, 3.63) is 29.8 Å². The number of nitrogens with zero attached hydrogens (tertiary/aromatic N) is 1. The van der Waals surface area contributed by atoms with Crippen molar-refractivity contribution in [1.29, 1.82) is 0 Å². The Morgan fingerprint density at radius 2 is 2.12 bits per heavy atom. The normalized spacial score (nSPS) is 32.1. The first-order chi connectivity index (χ1) is 8.24. The summed E-state index contributed by atoms with van der Waals surface area (Å²) in [6.45, 7) is 0. The molecule has 90 valence electrons. The molecule has 0 radical (unpaired) electrons. The van der Waals surface area contributed by atoms with E-state index in [0.717, 1.165) is 29.9 Å². The average Bonchev–Trinajstić information content (AvgIpc) is 2.72. The Kier molecular flexibility index (Phi) is 2.84. The monoisotopic (exact) mass is 248 g/mol. The first kappa shape index (κ1) is 11.1. The number of benzene rings is 1. The van der Waals surface area contributed by atoms with Gasteiger partial charge in [0.25, 0.3) is 0 Å². The van der Waals surface area contributed by atoms with Gasteiger partial charge >= 0.3 is 0 Å². The van der Waals surface area contributed by atoms with Crippen LogP contribution in [0.5, 0.6) is 5.75 Å². The van der Waals surface area contributed by atoms with Gasteiger partial charge in [0.2, 0.25) is 0 Å². The van der Waals surface area contributed by atoms with Crippen molar-refractivity contribution in [3.63, 3.8) is 0 Å². The molecule has 0 bridgehead atoms. The number of aromatic hydroxyl groups is 1. The maximum Gasteiger partial charge on any atom is 0.125 e. The maximum atomic E-state index is 9.84. The van der Waals surface area contributed by atoms with Gasteiger partial charge in [0, 0.05) is 16.9 Å². The van der Waals surface area contributed by atoms with Crippen LogP contribution in [0, 0.1) is 0 Å². The summed E-state index contributed by atoms with van der Waals surface area (Å²) >= 11 is 1.78.